The van der Waals surface area contributed by atoms with Crippen LogP contribution in [0.2, 0.25) is 0 Å². The van der Waals surface area contributed by atoms with Crippen LogP contribution in [0.3, 0.4) is 0 Å². The molecule has 0 aromatic rings. The van der Waals surface area contributed by atoms with Crippen molar-refractivity contribution in [2.45, 2.75) is 46.3 Å². The highest BCUT2D eigenvalue weighted by atomic mass is 32.2. The molecule has 0 heterocycles. The minimum absolute atomic E-state index is 0.590. The van der Waals surface area contributed by atoms with Gasteiger partial charge < -0.3 is 0 Å². The van der Waals surface area contributed by atoms with Crippen LogP contribution in [0.5, 0.6) is 0 Å². The number of sulfone groups is 1. The van der Waals surface area contributed by atoms with Gasteiger partial charge in [-0.3, -0.25) is 0 Å². The second kappa shape index (κ2) is 4.85. The number of hydrogen-bond acceptors (Lipinski definition) is 2. The maximum atomic E-state index is 10.7. The van der Waals surface area contributed by atoms with E-state index in [4.69, 9.17) is 0 Å². The van der Waals surface area contributed by atoms with E-state index in [0.717, 1.165) is 5.92 Å². The summed E-state index contributed by atoms with van der Waals surface area (Å²) in [4.78, 5) is 0. The zero-order valence-electron chi connectivity index (χ0n) is 9.30. The Morgan fingerprint density at radius 3 is 1.08 bits per heavy atom. The Hall–Kier alpha value is -0.0500. The monoisotopic (exact) mass is 194 g/mol. The van der Waals surface area contributed by atoms with E-state index in [2.05, 4.69) is 20.8 Å². The quantitative estimate of drug-likeness (QED) is 0.593. The average molecular weight is 194 g/mol. The molecule has 0 aliphatic heterocycles. The molecule has 0 rings (SSSR count). The molecule has 3 heteroatoms. The van der Waals surface area contributed by atoms with Gasteiger partial charge in [0.25, 0.3) is 0 Å². The first-order valence-corrected chi connectivity index (χ1v) is 6.07. The first-order valence-electron chi connectivity index (χ1n) is 4.18. The maximum absolute atomic E-state index is 10.7. The Kier molecular flexibility index (Phi) is 5.85. The average Bonchev–Trinajstić information content (AvgIpc) is 1.55. The third kappa shape index (κ3) is 9.95. The molecule has 0 aromatic carbocycles. The third-order valence-electron chi connectivity index (χ3n) is 1.11. The molecule has 2 nitrogen and oxygen atoms in total. The smallest absolute Gasteiger partial charge is 0.152 e. The maximum Gasteiger partial charge on any atom is 0.152 e. The Morgan fingerprint density at radius 2 is 1.08 bits per heavy atom. The van der Waals surface area contributed by atoms with Crippen LogP contribution in [0.1, 0.15) is 41.5 Å². The van der Waals surface area contributed by atoms with Crippen molar-refractivity contribution in [1.82, 2.24) is 0 Å². The van der Waals surface area contributed by atoms with E-state index >= 15 is 0 Å². The lowest BCUT2D eigenvalue weighted by Gasteiger charge is -2.14. The highest BCUT2D eigenvalue weighted by molar-refractivity contribution is 7.92. The minimum atomic E-state index is -2.84. The molecule has 0 unspecified atom stereocenters. The topological polar surface area (TPSA) is 34.1 Å². The summed E-state index contributed by atoms with van der Waals surface area (Å²) in [5, 5.41) is 0. The zero-order valence-corrected chi connectivity index (χ0v) is 10.1. The Bertz CT molecular complexity index is 192. The van der Waals surface area contributed by atoms with Crippen LogP contribution >= 0.6 is 0 Å². The number of hydrogen-bond donors (Lipinski definition) is 0. The van der Waals surface area contributed by atoms with Crippen LogP contribution in [0, 0.1) is 5.92 Å². The van der Waals surface area contributed by atoms with Gasteiger partial charge in [-0.15, -0.1) is 0 Å². The summed E-state index contributed by atoms with van der Waals surface area (Å²) < 4.78 is 20.7. The van der Waals surface area contributed by atoms with Crippen LogP contribution in [0.15, 0.2) is 0 Å². The van der Waals surface area contributed by atoms with Crippen molar-refractivity contribution in [2.75, 3.05) is 6.26 Å². The molecule has 76 valence electrons. The molecule has 0 aliphatic carbocycles. The van der Waals surface area contributed by atoms with Crippen molar-refractivity contribution in [1.29, 1.82) is 0 Å². The second-order valence-electron chi connectivity index (χ2n) is 4.62. The summed E-state index contributed by atoms with van der Waals surface area (Å²) in [6.07, 6.45) is 1.24. The normalized spacial score (nSPS) is 12.3. The Balaban J connectivity index is 0. The largest absolute Gasteiger partial charge is 0.229 e. The van der Waals surface area contributed by atoms with Gasteiger partial charge in [0.1, 0.15) is 0 Å². The summed E-state index contributed by atoms with van der Waals surface area (Å²) in [6, 6.07) is 0. The van der Waals surface area contributed by atoms with Gasteiger partial charge in [0.2, 0.25) is 0 Å². The van der Waals surface area contributed by atoms with Crippen molar-refractivity contribution < 1.29 is 8.42 Å². The summed E-state index contributed by atoms with van der Waals surface area (Å²) in [5.41, 5.74) is 0. The lowest BCUT2D eigenvalue weighted by atomic mass is 10.3. The van der Waals surface area contributed by atoms with Gasteiger partial charge in [0.05, 0.1) is 4.75 Å². The van der Waals surface area contributed by atoms with Crippen molar-refractivity contribution in [3.63, 3.8) is 0 Å². The fourth-order valence-electron chi connectivity index (χ4n) is 0. The minimum Gasteiger partial charge on any atom is -0.229 e. The van der Waals surface area contributed by atoms with Crippen LogP contribution in [0.25, 0.3) is 0 Å². The van der Waals surface area contributed by atoms with Gasteiger partial charge in [-0.1, -0.05) is 20.8 Å². The fourth-order valence-corrected chi connectivity index (χ4v) is 0. The molecule has 0 spiro atoms. The highest BCUT2D eigenvalue weighted by Crippen LogP contribution is 2.11. The van der Waals surface area contributed by atoms with E-state index in [-0.39, 0.29) is 0 Å². The molecule has 0 N–H and O–H groups in total. The lowest BCUT2D eigenvalue weighted by Crippen LogP contribution is -2.26. The van der Waals surface area contributed by atoms with Gasteiger partial charge in [0, 0.05) is 6.26 Å². The van der Waals surface area contributed by atoms with E-state index in [0.29, 0.717) is 0 Å². The molecular weight excluding hydrogens is 172 g/mol. The molecule has 0 atom stereocenters. The molecule has 0 radical (unpaired) electrons. The van der Waals surface area contributed by atoms with E-state index < -0.39 is 14.6 Å². The Morgan fingerprint density at radius 1 is 1.00 bits per heavy atom. The van der Waals surface area contributed by atoms with Gasteiger partial charge in [-0.05, 0) is 26.7 Å². The van der Waals surface area contributed by atoms with E-state index in [9.17, 15) is 8.42 Å². The van der Waals surface area contributed by atoms with Gasteiger partial charge in [0.15, 0.2) is 9.84 Å². The number of rotatable bonds is 0. The van der Waals surface area contributed by atoms with Crippen molar-refractivity contribution in [3.8, 4) is 0 Å². The van der Waals surface area contributed by atoms with Gasteiger partial charge >= 0.3 is 0 Å². The SMILES string of the molecule is CC(C)(C)S(C)(=O)=O.CC(C)C. The van der Waals surface area contributed by atoms with Crippen molar-refractivity contribution in [3.05, 3.63) is 0 Å². The van der Waals surface area contributed by atoms with Gasteiger partial charge in [-0.25, -0.2) is 8.42 Å². The molecule has 0 saturated heterocycles. The zero-order chi connectivity index (χ0) is 10.6. The van der Waals surface area contributed by atoms with Crippen LogP contribution < -0.4 is 0 Å². The molecule has 0 aliphatic rings. The van der Waals surface area contributed by atoms with Gasteiger partial charge in [-0.2, -0.15) is 0 Å². The second-order valence-corrected chi connectivity index (χ2v) is 7.39. The van der Waals surface area contributed by atoms with Crippen LogP contribution in [-0.4, -0.2) is 19.4 Å². The fraction of sp³-hybridized carbons (Fsp3) is 1.00. The van der Waals surface area contributed by atoms with Crippen LogP contribution in [-0.2, 0) is 9.84 Å². The molecule has 0 bridgehead atoms. The summed E-state index contributed by atoms with van der Waals surface area (Å²) in [7, 11) is -2.84. The Labute approximate surface area is 77.3 Å². The van der Waals surface area contributed by atoms with E-state index in [1.165, 1.54) is 6.26 Å². The van der Waals surface area contributed by atoms with Crippen molar-refractivity contribution >= 4 is 9.84 Å². The molecule has 0 saturated carbocycles. The summed E-state index contributed by atoms with van der Waals surface area (Å²) in [6.45, 7) is 11.5. The lowest BCUT2D eigenvalue weighted by molar-refractivity contribution is 0.566. The van der Waals surface area contributed by atoms with E-state index in [1.54, 1.807) is 20.8 Å². The predicted molar refractivity (Wildman–Crippen MR) is 55.1 cm³/mol. The molecule has 0 fully saturated rings. The first-order chi connectivity index (χ1) is 4.98. The molecule has 12 heavy (non-hydrogen) atoms. The molecular formula is C9H22O2S. The van der Waals surface area contributed by atoms with E-state index in [1.807, 2.05) is 0 Å². The third-order valence-corrected chi connectivity index (χ3v) is 3.34. The molecule has 0 amide bonds. The first kappa shape index (κ1) is 14.5. The van der Waals surface area contributed by atoms with Crippen molar-refractivity contribution in [2.24, 2.45) is 5.92 Å². The molecule has 0 aromatic heterocycles. The predicted octanol–water partition coefficient (Wildman–Crippen LogP) is 2.49. The standard InChI is InChI=1S/C5H12O2S.C4H10/c1-5(2,3)8(4,6)7;1-4(2)3/h1-4H3;4H,1-3H3. The van der Waals surface area contributed by atoms with Crippen LogP contribution in [0.4, 0.5) is 0 Å². The highest BCUT2D eigenvalue weighted by Gasteiger charge is 2.22. The summed E-state index contributed by atoms with van der Waals surface area (Å²) in [5.74, 6) is 0.833. The summed E-state index contributed by atoms with van der Waals surface area (Å²) >= 11 is 0.